The van der Waals surface area contributed by atoms with Gasteiger partial charge in [0.05, 0.1) is 27.4 Å². The first-order valence-corrected chi connectivity index (χ1v) is 4.80. The minimum absolute atomic E-state index is 0.409. The highest BCUT2D eigenvalue weighted by atomic mass is 19.1. The summed E-state index contributed by atoms with van der Waals surface area (Å²) in [5.41, 5.74) is 6.19. The Bertz CT molecular complexity index is 357. The van der Waals surface area contributed by atoms with Crippen molar-refractivity contribution in [2.24, 2.45) is 5.73 Å². The van der Waals surface area contributed by atoms with Gasteiger partial charge in [0, 0.05) is 5.56 Å². The fraction of sp³-hybridized carbons (Fsp3) is 0.455. The van der Waals surface area contributed by atoms with Gasteiger partial charge in [0.25, 0.3) is 0 Å². The van der Waals surface area contributed by atoms with Crippen molar-refractivity contribution in [3.05, 3.63) is 17.7 Å². The lowest BCUT2D eigenvalue weighted by atomic mass is 10.1. The highest BCUT2D eigenvalue weighted by Gasteiger charge is 2.19. The molecule has 4 nitrogen and oxygen atoms in total. The van der Waals surface area contributed by atoms with Crippen molar-refractivity contribution in [1.82, 2.24) is 0 Å². The summed E-state index contributed by atoms with van der Waals surface area (Å²) in [5, 5.41) is 0. The normalized spacial score (nSPS) is 12.1. The Kier molecular flexibility index (Phi) is 4.37. The number of halogens is 1. The number of hydrogen-bond acceptors (Lipinski definition) is 4. The third-order valence-corrected chi connectivity index (χ3v) is 2.30. The monoisotopic (exact) mass is 229 g/mol. The van der Waals surface area contributed by atoms with E-state index in [0.717, 1.165) is 0 Å². The summed E-state index contributed by atoms with van der Waals surface area (Å²) in [6.45, 7) is -0.661. The molecule has 1 atom stereocenters. The van der Waals surface area contributed by atoms with Crippen molar-refractivity contribution >= 4 is 0 Å². The van der Waals surface area contributed by atoms with Crippen LogP contribution in [0.4, 0.5) is 4.39 Å². The maximum Gasteiger partial charge on any atom is 0.203 e. The van der Waals surface area contributed by atoms with Gasteiger partial charge in [-0.1, -0.05) is 0 Å². The van der Waals surface area contributed by atoms with Crippen LogP contribution in [0.25, 0.3) is 0 Å². The molecule has 0 bridgehead atoms. The van der Waals surface area contributed by atoms with Crippen molar-refractivity contribution in [3.63, 3.8) is 0 Å². The van der Waals surface area contributed by atoms with E-state index in [9.17, 15) is 4.39 Å². The molecule has 0 aromatic heterocycles. The van der Waals surface area contributed by atoms with E-state index in [1.165, 1.54) is 21.3 Å². The summed E-state index contributed by atoms with van der Waals surface area (Å²) in [4.78, 5) is 0. The van der Waals surface area contributed by atoms with Crippen LogP contribution in [0.2, 0.25) is 0 Å². The minimum Gasteiger partial charge on any atom is -0.493 e. The van der Waals surface area contributed by atoms with Crippen LogP contribution >= 0.6 is 0 Å². The molecular weight excluding hydrogens is 213 g/mol. The number of methoxy groups -OCH3 is 3. The molecule has 16 heavy (non-hydrogen) atoms. The maximum absolute atomic E-state index is 12.6. The lowest BCUT2D eigenvalue weighted by molar-refractivity contribution is 0.318. The molecule has 0 radical (unpaired) electrons. The van der Waals surface area contributed by atoms with Crippen molar-refractivity contribution in [1.29, 1.82) is 0 Å². The Balaban J connectivity index is 3.31. The van der Waals surface area contributed by atoms with Crippen molar-refractivity contribution in [2.45, 2.75) is 6.04 Å². The van der Waals surface area contributed by atoms with E-state index < -0.39 is 12.7 Å². The Hall–Kier alpha value is -1.49. The topological polar surface area (TPSA) is 53.7 Å². The van der Waals surface area contributed by atoms with Crippen molar-refractivity contribution in [2.75, 3.05) is 28.0 Å². The molecule has 0 saturated heterocycles. The lowest BCUT2D eigenvalue weighted by Gasteiger charge is -2.17. The van der Waals surface area contributed by atoms with Gasteiger partial charge in [-0.25, -0.2) is 4.39 Å². The van der Waals surface area contributed by atoms with Crippen molar-refractivity contribution in [3.8, 4) is 17.2 Å². The quantitative estimate of drug-likeness (QED) is 0.834. The molecule has 1 rings (SSSR count). The molecule has 1 aromatic rings. The van der Waals surface area contributed by atoms with Crippen LogP contribution in [0.1, 0.15) is 11.6 Å². The van der Waals surface area contributed by atoms with Gasteiger partial charge in [0.15, 0.2) is 11.5 Å². The Morgan fingerprint density at radius 3 is 2.19 bits per heavy atom. The van der Waals surface area contributed by atoms with Crippen LogP contribution in [-0.2, 0) is 0 Å². The summed E-state index contributed by atoms with van der Waals surface area (Å²) >= 11 is 0. The first kappa shape index (κ1) is 12.6. The van der Waals surface area contributed by atoms with Gasteiger partial charge in [0.1, 0.15) is 6.67 Å². The fourth-order valence-corrected chi connectivity index (χ4v) is 1.50. The average molecular weight is 229 g/mol. The lowest BCUT2D eigenvalue weighted by Crippen LogP contribution is -2.14. The van der Waals surface area contributed by atoms with E-state index in [2.05, 4.69) is 0 Å². The third kappa shape index (κ3) is 2.19. The van der Waals surface area contributed by atoms with E-state index in [1.54, 1.807) is 12.1 Å². The maximum atomic E-state index is 12.6. The summed E-state index contributed by atoms with van der Waals surface area (Å²) in [7, 11) is 4.49. The third-order valence-electron chi connectivity index (χ3n) is 2.30. The molecule has 90 valence electrons. The Morgan fingerprint density at radius 2 is 1.75 bits per heavy atom. The molecule has 0 spiro atoms. The molecule has 0 unspecified atom stereocenters. The first-order valence-electron chi connectivity index (χ1n) is 4.80. The smallest absolute Gasteiger partial charge is 0.203 e. The Morgan fingerprint density at radius 1 is 1.12 bits per heavy atom. The summed E-state index contributed by atoms with van der Waals surface area (Å²) in [6.07, 6.45) is 0. The van der Waals surface area contributed by atoms with Gasteiger partial charge in [0.2, 0.25) is 5.75 Å². The number of benzene rings is 1. The van der Waals surface area contributed by atoms with Gasteiger partial charge in [-0.3, -0.25) is 0 Å². The molecule has 0 aliphatic carbocycles. The zero-order valence-electron chi connectivity index (χ0n) is 9.62. The molecule has 0 heterocycles. The number of rotatable bonds is 5. The van der Waals surface area contributed by atoms with Gasteiger partial charge < -0.3 is 19.9 Å². The van der Waals surface area contributed by atoms with Gasteiger partial charge in [-0.2, -0.15) is 0 Å². The second-order valence-electron chi connectivity index (χ2n) is 3.18. The second-order valence-corrected chi connectivity index (χ2v) is 3.18. The molecule has 1 aromatic carbocycles. The van der Waals surface area contributed by atoms with Crippen LogP contribution in [0.5, 0.6) is 17.2 Å². The van der Waals surface area contributed by atoms with Gasteiger partial charge in [-0.15, -0.1) is 0 Å². The van der Waals surface area contributed by atoms with E-state index in [0.29, 0.717) is 22.8 Å². The van der Waals surface area contributed by atoms with E-state index in [4.69, 9.17) is 19.9 Å². The van der Waals surface area contributed by atoms with Gasteiger partial charge >= 0.3 is 0 Å². The molecule has 0 aliphatic heterocycles. The zero-order chi connectivity index (χ0) is 12.1. The van der Waals surface area contributed by atoms with Crippen LogP contribution in [0.15, 0.2) is 12.1 Å². The fourth-order valence-electron chi connectivity index (χ4n) is 1.50. The van der Waals surface area contributed by atoms with E-state index in [-0.39, 0.29) is 0 Å². The van der Waals surface area contributed by atoms with Crippen LogP contribution < -0.4 is 19.9 Å². The summed E-state index contributed by atoms with van der Waals surface area (Å²) < 4.78 is 28.0. The molecule has 0 saturated carbocycles. The van der Waals surface area contributed by atoms with E-state index >= 15 is 0 Å². The van der Waals surface area contributed by atoms with Crippen LogP contribution in [-0.4, -0.2) is 28.0 Å². The Labute approximate surface area is 94.1 Å². The van der Waals surface area contributed by atoms with Crippen LogP contribution in [0.3, 0.4) is 0 Å². The molecule has 5 heteroatoms. The molecule has 0 amide bonds. The largest absolute Gasteiger partial charge is 0.493 e. The highest BCUT2D eigenvalue weighted by molar-refractivity contribution is 5.56. The van der Waals surface area contributed by atoms with Crippen LogP contribution in [0, 0.1) is 0 Å². The van der Waals surface area contributed by atoms with Gasteiger partial charge in [-0.05, 0) is 12.1 Å². The summed E-state index contributed by atoms with van der Waals surface area (Å²) in [5.74, 6) is 1.35. The second kappa shape index (κ2) is 5.55. The predicted octanol–water partition coefficient (Wildman–Crippen LogP) is 1.68. The van der Waals surface area contributed by atoms with E-state index in [1.807, 2.05) is 0 Å². The number of alkyl halides is 1. The first-order chi connectivity index (χ1) is 7.69. The molecular formula is C11H16FNO3. The summed E-state index contributed by atoms with van der Waals surface area (Å²) in [6, 6.07) is 2.62. The minimum atomic E-state index is -0.727. The van der Waals surface area contributed by atoms with Crippen molar-refractivity contribution < 1.29 is 18.6 Å². The number of hydrogen-bond donors (Lipinski definition) is 1. The SMILES string of the molecule is COc1ccc([C@H](N)CF)c(OC)c1OC. The standard InChI is InChI=1S/C11H16FNO3/c1-14-9-5-4-7(8(13)6-12)10(15-2)11(9)16-3/h4-5,8H,6,13H2,1-3H3/t8-/m1/s1. The predicted molar refractivity (Wildman–Crippen MR) is 59.0 cm³/mol. The highest BCUT2D eigenvalue weighted by Crippen LogP contribution is 2.41. The molecule has 2 N–H and O–H groups in total. The molecule has 0 fully saturated rings. The number of ether oxygens (including phenoxy) is 3. The molecule has 0 aliphatic rings. The zero-order valence-corrected chi connectivity index (χ0v) is 9.62. The number of nitrogens with two attached hydrogens (primary N) is 1. The average Bonchev–Trinajstić information content (AvgIpc) is 2.35.